The van der Waals surface area contributed by atoms with Gasteiger partial charge in [-0.3, -0.25) is 4.40 Å². The summed E-state index contributed by atoms with van der Waals surface area (Å²) in [5.74, 6) is 0.733. The molecule has 19 heavy (non-hydrogen) atoms. The van der Waals surface area contributed by atoms with Gasteiger partial charge in [0.05, 0.1) is 32.0 Å². The molecule has 2 heterocycles. The molecule has 0 aliphatic carbocycles. The van der Waals surface area contributed by atoms with Crippen molar-refractivity contribution in [2.75, 3.05) is 14.2 Å². The minimum atomic E-state index is -0.553. The molecular weight excluding hydrogens is 248 g/mol. The number of pyridine rings is 1. The number of aliphatic hydroxyl groups excluding tert-OH is 1. The second-order valence-electron chi connectivity index (χ2n) is 4.25. The van der Waals surface area contributed by atoms with Gasteiger partial charge in [0.25, 0.3) is 0 Å². The Hall–Kier alpha value is -2.08. The summed E-state index contributed by atoms with van der Waals surface area (Å²) < 4.78 is 11.6. The van der Waals surface area contributed by atoms with Gasteiger partial charge in [0.2, 0.25) is 0 Å². The molecule has 2 rings (SSSR count). The number of aromatic nitrogens is 2. The zero-order valence-corrected chi connectivity index (χ0v) is 11.1. The van der Waals surface area contributed by atoms with Gasteiger partial charge in [0.15, 0.2) is 5.69 Å². The molecule has 0 radical (unpaired) electrons. The Morgan fingerprint density at radius 2 is 2.21 bits per heavy atom. The van der Waals surface area contributed by atoms with E-state index in [1.807, 2.05) is 0 Å². The van der Waals surface area contributed by atoms with Crippen LogP contribution in [0.1, 0.15) is 23.2 Å². The number of esters is 1. The van der Waals surface area contributed by atoms with Gasteiger partial charge in [-0.25, -0.2) is 9.78 Å². The maximum atomic E-state index is 11.7. The Bertz CT molecular complexity index is 604. The first-order valence-corrected chi connectivity index (χ1v) is 5.88. The average Bonchev–Trinajstić information content (AvgIpc) is 2.75. The molecule has 0 fully saturated rings. The SMILES string of the molecule is COC(=O)c1nc(CC(C)O)n2cc(OC)ccc12. The number of methoxy groups -OCH3 is 2. The zero-order valence-electron chi connectivity index (χ0n) is 11.1. The van der Waals surface area contributed by atoms with E-state index in [0.717, 1.165) is 0 Å². The molecule has 0 amide bonds. The van der Waals surface area contributed by atoms with Crippen molar-refractivity contribution in [3.05, 3.63) is 29.8 Å². The Labute approximate surface area is 110 Å². The third-order valence-electron chi connectivity index (χ3n) is 2.78. The summed E-state index contributed by atoms with van der Waals surface area (Å²) in [5, 5.41) is 9.50. The normalized spacial score (nSPS) is 12.4. The van der Waals surface area contributed by atoms with Gasteiger partial charge < -0.3 is 14.6 Å². The third kappa shape index (κ3) is 2.53. The summed E-state index contributed by atoms with van der Waals surface area (Å²) in [6.45, 7) is 1.67. The molecule has 0 saturated carbocycles. The number of carbonyl (C=O) groups excluding carboxylic acids is 1. The highest BCUT2D eigenvalue weighted by Gasteiger charge is 2.19. The van der Waals surface area contributed by atoms with Crippen molar-refractivity contribution in [1.29, 1.82) is 0 Å². The van der Waals surface area contributed by atoms with Gasteiger partial charge in [-0.05, 0) is 19.1 Å². The Morgan fingerprint density at radius 3 is 2.79 bits per heavy atom. The van der Waals surface area contributed by atoms with E-state index in [4.69, 9.17) is 9.47 Å². The molecule has 0 bridgehead atoms. The molecule has 6 heteroatoms. The number of carbonyl (C=O) groups is 1. The topological polar surface area (TPSA) is 73.1 Å². The quantitative estimate of drug-likeness (QED) is 0.836. The highest BCUT2D eigenvalue weighted by molar-refractivity contribution is 5.95. The second-order valence-corrected chi connectivity index (χ2v) is 4.25. The van der Waals surface area contributed by atoms with E-state index in [2.05, 4.69) is 4.98 Å². The van der Waals surface area contributed by atoms with Crippen LogP contribution in [0.4, 0.5) is 0 Å². The van der Waals surface area contributed by atoms with Crippen LogP contribution in [0.15, 0.2) is 18.3 Å². The van der Waals surface area contributed by atoms with E-state index < -0.39 is 12.1 Å². The van der Waals surface area contributed by atoms with Crippen LogP contribution in [-0.4, -0.2) is 40.8 Å². The van der Waals surface area contributed by atoms with Crippen LogP contribution < -0.4 is 4.74 Å². The second kappa shape index (κ2) is 5.27. The number of imidazole rings is 1. The predicted molar refractivity (Wildman–Crippen MR) is 68.5 cm³/mol. The predicted octanol–water partition coefficient (Wildman–Crippen LogP) is 1.05. The largest absolute Gasteiger partial charge is 0.495 e. The molecule has 6 nitrogen and oxygen atoms in total. The number of hydrogen-bond acceptors (Lipinski definition) is 5. The molecular formula is C13H16N2O4. The van der Waals surface area contributed by atoms with E-state index in [0.29, 0.717) is 23.5 Å². The maximum absolute atomic E-state index is 11.7. The van der Waals surface area contributed by atoms with Crippen molar-refractivity contribution in [1.82, 2.24) is 9.38 Å². The molecule has 0 aliphatic rings. The summed E-state index contributed by atoms with van der Waals surface area (Å²) in [6, 6.07) is 3.49. The van der Waals surface area contributed by atoms with E-state index in [9.17, 15) is 9.90 Å². The minimum Gasteiger partial charge on any atom is -0.495 e. The lowest BCUT2D eigenvalue weighted by molar-refractivity contribution is 0.0596. The molecule has 2 aromatic rings. The highest BCUT2D eigenvalue weighted by atomic mass is 16.5. The summed E-state index contributed by atoms with van der Waals surface area (Å²) in [5.41, 5.74) is 0.865. The Kier molecular flexibility index (Phi) is 3.71. The van der Waals surface area contributed by atoms with E-state index >= 15 is 0 Å². The van der Waals surface area contributed by atoms with Crippen LogP contribution in [0.25, 0.3) is 5.52 Å². The molecule has 1 N–H and O–H groups in total. The number of hydrogen-bond donors (Lipinski definition) is 1. The van der Waals surface area contributed by atoms with E-state index in [1.165, 1.54) is 7.11 Å². The van der Waals surface area contributed by atoms with Crippen LogP contribution in [0, 0.1) is 0 Å². The van der Waals surface area contributed by atoms with Crippen LogP contribution in [0.3, 0.4) is 0 Å². The van der Waals surface area contributed by atoms with Crippen molar-refractivity contribution in [2.45, 2.75) is 19.4 Å². The van der Waals surface area contributed by atoms with Crippen LogP contribution in [0.2, 0.25) is 0 Å². The molecule has 1 unspecified atom stereocenters. The number of rotatable bonds is 4. The van der Waals surface area contributed by atoms with E-state index in [1.54, 1.807) is 36.8 Å². The number of aliphatic hydroxyl groups is 1. The lowest BCUT2D eigenvalue weighted by atomic mass is 10.3. The maximum Gasteiger partial charge on any atom is 0.358 e. The Morgan fingerprint density at radius 1 is 1.47 bits per heavy atom. The standard InChI is InChI=1S/C13H16N2O4/c1-8(16)6-11-14-12(13(17)19-3)10-5-4-9(18-2)7-15(10)11/h4-5,7-8,16H,6H2,1-3H3. The fourth-order valence-corrected chi connectivity index (χ4v) is 1.90. The minimum absolute atomic E-state index is 0.237. The first-order chi connectivity index (χ1) is 9.06. The molecule has 1 atom stereocenters. The number of fused-ring (bicyclic) bond motifs is 1. The Balaban J connectivity index is 2.62. The van der Waals surface area contributed by atoms with Gasteiger partial charge in [-0.1, -0.05) is 0 Å². The van der Waals surface area contributed by atoms with E-state index in [-0.39, 0.29) is 5.69 Å². The molecule has 102 valence electrons. The smallest absolute Gasteiger partial charge is 0.358 e. The molecule has 0 spiro atoms. The van der Waals surface area contributed by atoms with Crippen LogP contribution in [0.5, 0.6) is 5.75 Å². The van der Waals surface area contributed by atoms with Gasteiger partial charge in [-0.2, -0.15) is 0 Å². The lowest BCUT2D eigenvalue weighted by Crippen LogP contribution is -2.08. The van der Waals surface area contributed by atoms with Crippen LogP contribution in [-0.2, 0) is 11.2 Å². The third-order valence-corrected chi connectivity index (χ3v) is 2.78. The van der Waals surface area contributed by atoms with Gasteiger partial charge in [0.1, 0.15) is 11.6 Å². The summed E-state index contributed by atoms with van der Waals surface area (Å²) in [6.07, 6.45) is 1.51. The molecule has 0 aliphatic heterocycles. The van der Waals surface area contributed by atoms with Crippen molar-refractivity contribution in [3.63, 3.8) is 0 Å². The van der Waals surface area contributed by atoms with Gasteiger partial charge >= 0.3 is 5.97 Å². The summed E-state index contributed by atoms with van der Waals surface area (Å²) in [4.78, 5) is 15.9. The highest BCUT2D eigenvalue weighted by Crippen LogP contribution is 2.20. The average molecular weight is 264 g/mol. The van der Waals surface area contributed by atoms with Crippen molar-refractivity contribution >= 4 is 11.5 Å². The summed E-state index contributed by atoms with van der Waals surface area (Å²) in [7, 11) is 2.87. The van der Waals surface area contributed by atoms with Gasteiger partial charge in [0, 0.05) is 6.42 Å². The molecule has 2 aromatic heterocycles. The van der Waals surface area contributed by atoms with Crippen molar-refractivity contribution < 1.29 is 19.4 Å². The molecule has 0 aromatic carbocycles. The lowest BCUT2D eigenvalue weighted by Gasteiger charge is -2.05. The first kappa shape index (κ1) is 13.4. The van der Waals surface area contributed by atoms with Crippen molar-refractivity contribution in [2.24, 2.45) is 0 Å². The zero-order chi connectivity index (χ0) is 14.0. The summed E-state index contributed by atoms with van der Waals surface area (Å²) >= 11 is 0. The van der Waals surface area contributed by atoms with Crippen molar-refractivity contribution in [3.8, 4) is 5.75 Å². The molecule has 0 saturated heterocycles. The fourth-order valence-electron chi connectivity index (χ4n) is 1.90. The van der Waals surface area contributed by atoms with Gasteiger partial charge in [-0.15, -0.1) is 0 Å². The number of ether oxygens (including phenoxy) is 2. The van der Waals surface area contributed by atoms with Crippen LogP contribution >= 0.6 is 0 Å². The first-order valence-electron chi connectivity index (χ1n) is 5.88. The fraction of sp³-hybridized carbons (Fsp3) is 0.385. The monoisotopic (exact) mass is 264 g/mol. The number of nitrogens with zero attached hydrogens (tertiary/aromatic N) is 2.